The molecule has 0 saturated heterocycles. The summed E-state index contributed by atoms with van der Waals surface area (Å²) in [5.41, 5.74) is 4.91. The molecule has 0 aliphatic carbocycles. The van der Waals surface area contributed by atoms with Crippen LogP contribution < -0.4 is 11.1 Å². The molecule has 98 valence electrons. The molecule has 4 N–H and O–H groups in total. The van der Waals surface area contributed by atoms with Gasteiger partial charge < -0.3 is 16.2 Å². The summed E-state index contributed by atoms with van der Waals surface area (Å²) >= 11 is 1.07. The third kappa shape index (κ3) is 8.56. The lowest BCUT2D eigenvalue weighted by Gasteiger charge is -2.13. The van der Waals surface area contributed by atoms with Crippen LogP contribution in [-0.4, -0.2) is 40.4 Å². The van der Waals surface area contributed by atoms with Crippen molar-refractivity contribution in [1.82, 2.24) is 5.32 Å². The molecular formula is C10H18N2O4S. The van der Waals surface area contributed by atoms with Crippen LogP contribution in [0.5, 0.6) is 0 Å². The average molecular weight is 262 g/mol. The van der Waals surface area contributed by atoms with E-state index >= 15 is 0 Å². The number of primary amides is 1. The van der Waals surface area contributed by atoms with Gasteiger partial charge in [0.1, 0.15) is 6.04 Å². The summed E-state index contributed by atoms with van der Waals surface area (Å²) < 4.78 is 0. The Morgan fingerprint density at radius 1 is 1.35 bits per heavy atom. The van der Waals surface area contributed by atoms with Crippen molar-refractivity contribution in [3.05, 3.63) is 0 Å². The molecule has 0 fully saturated rings. The molecule has 0 aromatic carbocycles. The molecule has 17 heavy (non-hydrogen) atoms. The standard InChI is InChI=1S/C10H18N2O4S/c1-2-3-4-7(10(15)16)12-9(14)6-17-5-8(11)13/h7H,2-6H2,1H3,(H2,11,13)(H,12,14)(H,15,16)/t7-/m0/s1. The Balaban J connectivity index is 3.95. The molecule has 0 saturated carbocycles. The second kappa shape index (κ2) is 8.86. The molecule has 6 nitrogen and oxygen atoms in total. The van der Waals surface area contributed by atoms with Gasteiger partial charge in [-0.1, -0.05) is 19.8 Å². The zero-order valence-corrected chi connectivity index (χ0v) is 10.6. The smallest absolute Gasteiger partial charge is 0.326 e. The number of hydrogen-bond acceptors (Lipinski definition) is 4. The van der Waals surface area contributed by atoms with E-state index < -0.39 is 17.9 Å². The van der Waals surface area contributed by atoms with Crippen molar-refractivity contribution < 1.29 is 19.5 Å². The number of carboxylic acid groups (broad SMARTS) is 1. The molecular weight excluding hydrogens is 244 g/mol. The Morgan fingerprint density at radius 2 is 2.00 bits per heavy atom. The maximum absolute atomic E-state index is 11.4. The molecule has 0 aliphatic heterocycles. The van der Waals surface area contributed by atoms with Gasteiger partial charge in [-0.25, -0.2) is 4.79 Å². The van der Waals surface area contributed by atoms with Gasteiger partial charge in [-0.15, -0.1) is 11.8 Å². The van der Waals surface area contributed by atoms with Crippen LogP contribution in [0, 0.1) is 0 Å². The molecule has 1 atom stereocenters. The number of rotatable bonds is 9. The fraction of sp³-hybridized carbons (Fsp3) is 0.700. The van der Waals surface area contributed by atoms with E-state index in [9.17, 15) is 14.4 Å². The van der Waals surface area contributed by atoms with E-state index in [1.807, 2.05) is 6.92 Å². The van der Waals surface area contributed by atoms with Gasteiger partial charge in [0, 0.05) is 0 Å². The lowest BCUT2D eigenvalue weighted by atomic mass is 10.1. The van der Waals surface area contributed by atoms with Crippen molar-refractivity contribution >= 4 is 29.5 Å². The maximum atomic E-state index is 11.4. The van der Waals surface area contributed by atoms with Crippen molar-refractivity contribution in [3.63, 3.8) is 0 Å². The monoisotopic (exact) mass is 262 g/mol. The van der Waals surface area contributed by atoms with Crippen LogP contribution in [0.3, 0.4) is 0 Å². The minimum Gasteiger partial charge on any atom is -0.480 e. The minimum absolute atomic E-state index is 0.0405. The lowest BCUT2D eigenvalue weighted by molar-refractivity contribution is -0.141. The van der Waals surface area contributed by atoms with Crippen LogP contribution in [0.25, 0.3) is 0 Å². The number of thioether (sulfide) groups is 1. The number of carbonyl (C=O) groups excluding carboxylic acids is 2. The fourth-order valence-electron chi connectivity index (χ4n) is 1.15. The van der Waals surface area contributed by atoms with Gasteiger partial charge in [-0.2, -0.15) is 0 Å². The van der Waals surface area contributed by atoms with E-state index in [1.165, 1.54) is 0 Å². The third-order valence-corrected chi connectivity index (χ3v) is 2.91. The van der Waals surface area contributed by atoms with Crippen molar-refractivity contribution in [2.24, 2.45) is 5.73 Å². The van der Waals surface area contributed by atoms with Gasteiger partial charge in [0.2, 0.25) is 11.8 Å². The number of amides is 2. The van der Waals surface area contributed by atoms with Gasteiger partial charge >= 0.3 is 5.97 Å². The summed E-state index contributed by atoms with van der Waals surface area (Å²) in [6.07, 6.45) is 2.03. The predicted molar refractivity (Wildman–Crippen MR) is 65.6 cm³/mol. The molecule has 0 aromatic heterocycles. The second-order valence-corrected chi connectivity index (χ2v) is 4.55. The van der Waals surface area contributed by atoms with Crippen LogP contribution in [0.15, 0.2) is 0 Å². The Labute approximate surface area is 104 Å². The normalized spacial score (nSPS) is 11.8. The Kier molecular flexibility index (Phi) is 8.21. The molecule has 0 bridgehead atoms. The van der Waals surface area contributed by atoms with Crippen molar-refractivity contribution in [1.29, 1.82) is 0 Å². The van der Waals surface area contributed by atoms with E-state index in [4.69, 9.17) is 10.8 Å². The molecule has 7 heteroatoms. The highest BCUT2D eigenvalue weighted by Crippen LogP contribution is 2.03. The predicted octanol–water partition coefficient (Wildman–Crippen LogP) is -0.0355. The molecule has 0 aromatic rings. The number of carbonyl (C=O) groups is 3. The summed E-state index contributed by atoms with van der Waals surface area (Å²) in [6, 6.07) is -0.850. The van der Waals surface area contributed by atoms with Gasteiger partial charge in [0.25, 0.3) is 0 Å². The lowest BCUT2D eigenvalue weighted by Crippen LogP contribution is -2.41. The van der Waals surface area contributed by atoms with E-state index in [1.54, 1.807) is 0 Å². The quantitative estimate of drug-likeness (QED) is 0.540. The van der Waals surface area contributed by atoms with Gasteiger partial charge in [-0.3, -0.25) is 9.59 Å². The van der Waals surface area contributed by atoms with Crippen molar-refractivity contribution in [2.45, 2.75) is 32.2 Å². The first kappa shape index (κ1) is 15.8. The molecule has 0 aliphatic rings. The molecule has 0 heterocycles. The summed E-state index contributed by atoms with van der Waals surface area (Å²) in [5.74, 6) is -1.83. The second-order valence-electron chi connectivity index (χ2n) is 3.56. The maximum Gasteiger partial charge on any atom is 0.326 e. The average Bonchev–Trinajstić information content (AvgIpc) is 2.23. The largest absolute Gasteiger partial charge is 0.480 e. The van der Waals surface area contributed by atoms with Crippen LogP contribution in [0.2, 0.25) is 0 Å². The Bertz CT molecular complexity index is 283. The van der Waals surface area contributed by atoms with Crippen molar-refractivity contribution in [3.8, 4) is 0 Å². The van der Waals surface area contributed by atoms with Crippen LogP contribution >= 0.6 is 11.8 Å². The summed E-state index contributed by atoms with van der Waals surface area (Å²) in [6.45, 7) is 1.95. The highest BCUT2D eigenvalue weighted by Gasteiger charge is 2.18. The highest BCUT2D eigenvalue weighted by atomic mass is 32.2. The van der Waals surface area contributed by atoms with Gasteiger partial charge in [-0.05, 0) is 6.42 Å². The van der Waals surface area contributed by atoms with Crippen LogP contribution in [0.1, 0.15) is 26.2 Å². The first-order valence-corrected chi connectivity index (χ1v) is 6.51. The topological polar surface area (TPSA) is 109 Å². The van der Waals surface area contributed by atoms with Crippen LogP contribution in [-0.2, 0) is 14.4 Å². The third-order valence-electron chi connectivity index (χ3n) is 1.96. The fourth-order valence-corrected chi connectivity index (χ4v) is 1.72. The summed E-state index contributed by atoms with van der Waals surface area (Å²) in [7, 11) is 0. The highest BCUT2D eigenvalue weighted by molar-refractivity contribution is 8.00. The SMILES string of the molecule is CCCC[C@H](NC(=O)CSCC(N)=O)C(=O)O. The molecule has 0 radical (unpaired) electrons. The number of hydrogen-bond donors (Lipinski definition) is 3. The first-order chi connectivity index (χ1) is 7.97. The number of unbranched alkanes of at least 4 members (excludes halogenated alkanes) is 1. The number of aliphatic carboxylic acids is 1. The minimum atomic E-state index is -1.04. The van der Waals surface area contributed by atoms with E-state index in [-0.39, 0.29) is 17.4 Å². The molecule has 0 spiro atoms. The number of carboxylic acids is 1. The van der Waals surface area contributed by atoms with E-state index in [0.717, 1.165) is 24.6 Å². The van der Waals surface area contributed by atoms with Crippen LogP contribution in [0.4, 0.5) is 0 Å². The zero-order valence-electron chi connectivity index (χ0n) is 9.77. The molecule has 0 unspecified atom stereocenters. The van der Waals surface area contributed by atoms with Gasteiger partial charge in [0.15, 0.2) is 0 Å². The molecule has 2 amide bonds. The first-order valence-electron chi connectivity index (χ1n) is 5.35. The van der Waals surface area contributed by atoms with Gasteiger partial charge in [0.05, 0.1) is 11.5 Å². The Morgan fingerprint density at radius 3 is 2.47 bits per heavy atom. The van der Waals surface area contributed by atoms with E-state index in [2.05, 4.69) is 5.32 Å². The summed E-state index contributed by atoms with van der Waals surface area (Å²) in [5, 5.41) is 11.3. The number of nitrogens with one attached hydrogen (secondary N) is 1. The van der Waals surface area contributed by atoms with E-state index in [0.29, 0.717) is 6.42 Å². The summed E-state index contributed by atoms with van der Waals surface area (Å²) in [4.78, 5) is 32.6. The Hall–Kier alpha value is -1.24. The molecule has 0 rings (SSSR count). The zero-order chi connectivity index (χ0) is 13.3. The van der Waals surface area contributed by atoms with Crippen molar-refractivity contribution in [2.75, 3.05) is 11.5 Å². The number of nitrogens with two attached hydrogens (primary N) is 1.